The molecule has 0 unspecified atom stereocenters. The third-order valence-corrected chi connectivity index (χ3v) is 7.01. The summed E-state index contributed by atoms with van der Waals surface area (Å²) in [5.41, 5.74) is 2.02. The van der Waals surface area contributed by atoms with E-state index in [1.54, 1.807) is 4.90 Å². The molecule has 0 saturated carbocycles. The Morgan fingerprint density at radius 1 is 1.19 bits per heavy atom. The summed E-state index contributed by atoms with van der Waals surface area (Å²) in [5, 5.41) is 0. The fourth-order valence-corrected chi connectivity index (χ4v) is 4.93. The summed E-state index contributed by atoms with van der Waals surface area (Å²) in [7, 11) is 0. The average Bonchev–Trinajstić information content (AvgIpc) is 2.57. The summed E-state index contributed by atoms with van der Waals surface area (Å²) in [6.07, 6.45) is 1.46. The maximum Gasteiger partial charge on any atom is 0.410 e. The van der Waals surface area contributed by atoms with Crippen LogP contribution in [-0.2, 0) is 21.5 Å². The number of nitrogens with zero attached hydrogens (tertiary/aromatic N) is 1. The largest absolute Gasteiger partial charge is 0.598 e. The molecule has 1 aliphatic carbocycles. The molecule has 6 heteroatoms. The summed E-state index contributed by atoms with van der Waals surface area (Å²) in [4.78, 5) is 14.2. The van der Waals surface area contributed by atoms with Crippen molar-refractivity contribution in [3.8, 4) is 0 Å². The van der Waals surface area contributed by atoms with E-state index >= 15 is 0 Å². The van der Waals surface area contributed by atoms with Crippen molar-refractivity contribution in [2.24, 2.45) is 0 Å². The molecular formula is C21H32N2O3S. The molecule has 150 valence electrons. The van der Waals surface area contributed by atoms with Gasteiger partial charge in [-0.3, -0.25) is 0 Å². The second kappa shape index (κ2) is 6.98. The minimum atomic E-state index is -1.14. The van der Waals surface area contributed by atoms with Gasteiger partial charge in [0.05, 0.1) is 6.04 Å². The third-order valence-electron chi connectivity index (χ3n) is 5.45. The first kappa shape index (κ1) is 20.5. The van der Waals surface area contributed by atoms with Gasteiger partial charge in [0.25, 0.3) is 0 Å². The van der Waals surface area contributed by atoms with Gasteiger partial charge in [-0.15, -0.1) is 4.72 Å². The van der Waals surface area contributed by atoms with Crippen LogP contribution in [0.4, 0.5) is 4.79 Å². The highest BCUT2D eigenvalue weighted by Crippen LogP contribution is 2.56. The second-order valence-electron chi connectivity index (χ2n) is 9.64. The van der Waals surface area contributed by atoms with Crippen molar-refractivity contribution in [3.63, 3.8) is 0 Å². The first-order valence-electron chi connectivity index (χ1n) is 9.69. The van der Waals surface area contributed by atoms with Crippen molar-refractivity contribution in [2.75, 3.05) is 13.1 Å². The van der Waals surface area contributed by atoms with Crippen LogP contribution in [0.15, 0.2) is 24.3 Å². The number of piperidine rings is 1. The molecule has 1 saturated heterocycles. The van der Waals surface area contributed by atoms with Crippen molar-refractivity contribution < 1.29 is 14.1 Å². The molecular weight excluding hydrogens is 360 g/mol. The number of likely N-dealkylation sites (tertiary alicyclic amines) is 1. The van der Waals surface area contributed by atoms with E-state index in [9.17, 15) is 9.35 Å². The van der Waals surface area contributed by atoms with Gasteiger partial charge in [-0.05, 0) is 65.5 Å². The maximum absolute atomic E-state index is 12.7. The summed E-state index contributed by atoms with van der Waals surface area (Å²) in [6.45, 7) is 12.9. The van der Waals surface area contributed by atoms with E-state index in [1.165, 1.54) is 11.1 Å². The highest BCUT2D eigenvalue weighted by Gasteiger charge is 2.55. The fourth-order valence-electron chi connectivity index (χ4n) is 4.01. The van der Waals surface area contributed by atoms with Crippen LogP contribution in [0.1, 0.15) is 71.6 Å². The van der Waals surface area contributed by atoms with Crippen LogP contribution in [-0.4, -0.2) is 39.0 Å². The summed E-state index contributed by atoms with van der Waals surface area (Å²) in [6, 6.07) is 8.47. The molecule has 1 fully saturated rings. The zero-order valence-corrected chi connectivity index (χ0v) is 18.1. The zero-order valence-electron chi connectivity index (χ0n) is 17.3. The Hall–Kier alpha value is -1.24. The van der Waals surface area contributed by atoms with E-state index in [-0.39, 0.29) is 22.3 Å². The number of carbonyl (C=O) groups excluding carboxylic acids is 1. The molecule has 1 aromatic carbocycles. The molecule has 2 atom stereocenters. The van der Waals surface area contributed by atoms with Gasteiger partial charge in [-0.25, -0.2) is 4.79 Å². The third kappa shape index (κ3) is 3.98. The van der Waals surface area contributed by atoms with Crippen molar-refractivity contribution in [1.82, 2.24) is 9.62 Å². The number of hydrogen-bond donors (Lipinski definition) is 1. The van der Waals surface area contributed by atoms with Gasteiger partial charge in [0.15, 0.2) is 0 Å². The van der Waals surface area contributed by atoms with Gasteiger partial charge in [0.2, 0.25) is 0 Å². The van der Waals surface area contributed by atoms with E-state index < -0.39 is 17.0 Å². The van der Waals surface area contributed by atoms with Crippen LogP contribution in [0.3, 0.4) is 0 Å². The molecule has 5 nitrogen and oxygen atoms in total. The first-order valence-corrected chi connectivity index (χ1v) is 10.8. The van der Waals surface area contributed by atoms with Crippen molar-refractivity contribution >= 4 is 17.5 Å². The molecule has 1 amide bonds. The Morgan fingerprint density at radius 2 is 1.78 bits per heavy atom. The quantitative estimate of drug-likeness (QED) is 0.771. The minimum absolute atomic E-state index is 0.0595. The summed E-state index contributed by atoms with van der Waals surface area (Å²) < 4.78 is 21.3. The molecule has 0 bridgehead atoms. The number of fused-ring (bicyclic) bond motifs is 2. The van der Waals surface area contributed by atoms with Crippen molar-refractivity contribution in [2.45, 2.75) is 76.2 Å². The predicted molar refractivity (Wildman–Crippen MR) is 109 cm³/mol. The number of rotatable bonds is 2. The predicted octanol–water partition coefficient (Wildman–Crippen LogP) is 4.06. The minimum Gasteiger partial charge on any atom is -0.598 e. The lowest BCUT2D eigenvalue weighted by Crippen LogP contribution is -2.59. The normalized spacial score (nSPS) is 22.8. The van der Waals surface area contributed by atoms with Gasteiger partial charge in [-0.2, -0.15) is 0 Å². The van der Waals surface area contributed by atoms with Crippen molar-refractivity contribution in [1.29, 1.82) is 0 Å². The van der Waals surface area contributed by atoms with E-state index in [2.05, 4.69) is 22.9 Å². The topological polar surface area (TPSA) is 64.6 Å². The lowest BCUT2D eigenvalue weighted by atomic mass is 9.56. The monoisotopic (exact) mass is 392 g/mol. The number of benzene rings is 1. The Labute approximate surface area is 166 Å². The number of carbonyl (C=O) groups is 1. The highest BCUT2D eigenvalue weighted by atomic mass is 32.2. The molecule has 1 aliphatic heterocycles. The van der Waals surface area contributed by atoms with Crippen LogP contribution in [0.2, 0.25) is 0 Å². The molecule has 1 aromatic rings. The lowest BCUT2D eigenvalue weighted by molar-refractivity contribution is 0.0122. The van der Waals surface area contributed by atoms with Gasteiger partial charge >= 0.3 is 6.09 Å². The Balaban J connectivity index is 1.76. The van der Waals surface area contributed by atoms with Crippen LogP contribution >= 0.6 is 0 Å². The molecule has 27 heavy (non-hydrogen) atoms. The SMILES string of the molecule is CC(C)(C)OC(=O)N1CCC2(CC1)c1ccccc1[C@H]2N[S@+]([O-])C(C)(C)C. The maximum atomic E-state index is 12.7. The van der Waals surface area contributed by atoms with E-state index in [0.717, 1.165) is 12.8 Å². The van der Waals surface area contributed by atoms with Gasteiger partial charge in [-0.1, -0.05) is 24.3 Å². The zero-order chi connectivity index (χ0) is 20.0. The molecule has 1 spiro atoms. The van der Waals surface area contributed by atoms with Crippen LogP contribution < -0.4 is 4.72 Å². The average molecular weight is 393 g/mol. The standard InChI is InChI=1S/C21H32N2O3S/c1-19(2,3)26-18(24)23-13-11-21(12-14-23)16-10-8-7-9-15(16)17(21)22-27(25)20(4,5)6/h7-10,17,22H,11-14H2,1-6H3/t17-,27-/m1/s1. The van der Waals surface area contributed by atoms with E-state index in [1.807, 2.05) is 47.6 Å². The number of amides is 1. The Morgan fingerprint density at radius 3 is 2.33 bits per heavy atom. The van der Waals surface area contributed by atoms with Gasteiger partial charge in [0.1, 0.15) is 10.3 Å². The first-order chi connectivity index (χ1) is 12.4. The van der Waals surface area contributed by atoms with E-state index in [0.29, 0.717) is 13.1 Å². The van der Waals surface area contributed by atoms with Crippen LogP contribution in [0.5, 0.6) is 0 Å². The Bertz CT molecular complexity index is 700. The Kier molecular flexibility index (Phi) is 5.30. The molecule has 3 rings (SSSR count). The summed E-state index contributed by atoms with van der Waals surface area (Å²) in [5.74, 6) is 0. The fraction of sp³-hybridized carbons (Fsp3) is 0.667. The van der Waals surface area contributed by atoms with E-state index in [4.69, 9.17) is 4.74 Å². The molecule has 1 heterocycles. The lowest BCUT2D eigenvalue weighted by Gasteiger charge is -2.54. The number of ether oxygens (including phenoxy) is 1. The smallest absolute Gasteiger partial charge is 0.410 e. The highest BCUT2D eigenvalue weighted by molar-refractivity contribution is 7.90. The molecule has 0 aromatic heterocycles. The van der Waals surface area contributed by atoms with Crippen molar-refractivity contribution in [3.05, 3.63) is 35.4 Å². The number of hydrogen-bond acceptors (Lipinski definition) is 4. The molecule has 2 aliphatic rings. The van der Waals surface area contributed by atoms with Crippen LogP contribution in [0, 0.1) is 0 Å². The van der Waals surface area contributed by atoms with Crippen LogP contribution in [0.25, 0.3) is 0 Å². The number of nitrogens with one attached hydrogen (secondary N) is 1. The molecule has 0 radical (unpaired) electrons. The molecule has 1 N–H and O–H groups in total. The summed E-state index contributed by atoms with van der Waals surface area (Å²) >= 11 is -1.14. The van der Waals surface area contributed by atoms with Gasteiger partial charge in [0, 0.05) is 29.9 Å². The van der Waals surface area contributed by atoms with Gasteiger partial charge < -0.3 is 14.2 Å². The second-order valence-corrected chi connectivity index (χ2v) is 11.6.